The Balaban J connectivity index is 1.38. The minimum atomic E-state index is -4.76. The molecule has 11 amide bonds. The Morgan fingerprint density at radius 2 is 1.23 bits per heavy atom. The van der Waals surface area contributed by atoms with E-state index in [2.05, 4.69) is 10.6 Å². The van der Waals surface area contributed by atoms with E-state index < -0.39 is 155 Å². The number of amides is 11. The molecule has 4 fully saturated rings. The molecule has 2 aliphatic carbocycles. The van der Waals surface area contributed by atoms with Crippen molar-refractivity contribution in [2.75, 3.05) is 73.9 Å². The Labute approximate surface area is 531 Å². The van der Waals surface area contributed by atoms with Crippen LogP contribution >= 0.6 is 11.6 Å². The van der Waals surface area contributed by atoms with Crippen LogP contribution in [0.25, 0.3) is 0 Å². The van der Waals surface area contributed by atoms with Gasteiger partial charge >= 0.3 is 6.18 Å². The predicted molar refractivity (Wildman–Crippen MR) is 331 cm³/mol. The molecule has 2 heterocycles. The molecule has 0 spiro atoms. The van der Waals surface area contributed by atoms with E-state index in [1.54, 1.807) is 44.2 Å². The molecule has 4 aliphatic rings. The van der Waals surface area contributed by atoms with E-state index in [-0.39, 0.29) is 55.3 Å². The van der Waals surface area contributed by atoms with Gasteiger partial charge in [0.15, 0.2) is 0 Å². The lowest BCUT2D eigenvalue weighted by atomic mass is 9.78. The number of nitrogens with one attached hydrogen (secondary N) is 2. The van der Waals surface area contributed by atoms with Crippen molar-refractivity contribution < 1.29 is 65.9 Å². The zero-order valence-electron chi connectivity index (χ0n) is 54.4. The van der Waals surface area contributed by atoms with Crippen molar-refractivity contribution in [3.8, 4) is 0 Å². The van der Waals surface area contributed by atoms with Gasteiger partial charge in [-0.15, -0.1) is 0 Å². The second-order valence-electron chi connectivity index (χ2n) is 25.6. The number of carbonyl (C=O) groups excluding carboxylic acids is 11. The first kappa shape index (κ1) is 71.8. The molecule has 6 rings (SSSR count). The summed E-state index contributed by atoms with van der Waals surface area (Å²) in [5.41, 5.74) is -2.29. The first-order chi connectivity index (χ1) is 42.1. The number of nitrogens with zero attached hydrogens (tertiary/aromatic N) is 9. The number of fused-ring (bicyclic) bond motifs is 1. The molecule has 0 bridgehead atoms. The Bertz CT molecular complexity index is 3020. The molecule has 0 aromatic heterocycles. The van der Waals surface area contributed by atoms with Crippen molar-refractivity contribution in [1.29, 1.82) is 0 Å². The molecule has 9 atom stereocenters. The number of halogens is 4. The quantitative estimate of drug-likeness (QED) is 0.363. The van der Waals surface area contributed by atoms with Gasteiger partial charge in [-0.3, -0.25) is 52.7 Å². The minimum Gasteiger partial charge on any atom is -0.343 e. The van der Waals surface area contributed by atoms with Gasteiger partial charge in [0.25, 0.3) is 0 Å². The number of hydrogen-bond donors (Lipinski definition) is 2. The van der Waals surface area contributed by atoms with E-state index in [1.807, 2.05) is 6.92 Å². The Morgan fingerprint density at radius 3 is 1.76 bits per heavy atom. The fourth-order valence-corrected chi connectivity index (χ4v) is 12.2. The maximum absolute atomic E-state index is 15.3. The van der Waals surface area contributed by atoms with Crippen molar-refractivity contribution in [3.05, 3.63) is 64.7 Å². The number of para-hydroxylation sites is 1. The Kier molecular flexibility index (Phi) is 23.7. The van der Waals surface area contributed by atoms with Crippen LogP contribution in [0, 0.1) is 17.8 Å². The number of carbonyl (C=O) groups is 11. The number of benzene rings is 2. The summed E-state index contributed by atoms with van der Waals surface area (Å²) in [5, 5.41) is 4.95. The van der Waals surface area contributed by atoms with Crippen LogP contribution in [0.2, 0.25) is 5.02 Å². The van der Waals surface area contributed by atoms with Gasteiger partial charge in [0.1, 0.15) is 54.4 Å². The topological polar surface area (TPSA) is 241 Å². The maximum Gasteiger partial charge on any atom is 0.417 e. The molecular formula is C64H91ClF3N11O11. The van der Waals surface area contributed by atoms with Gasteiger partial charge in [-0.25, -0.2) is 0 Å². The van der Waals surface area contributed by atoms with E-state index in [1.165, 1.54) is 112 Å². The second-order valence-corrected chi connectivity index (χ2v) is 26.0. The van der Waals surface area contributed by atoms with Gasteiger partial charge < -0.3 is 54.7 Å². The van der Waals surface area contributed by atoms with Crippen molar-refractivity contribution in [2.24, 2.45) is 17.8 Å². The summed E-state index contributed by atoms with van der Waals surface area (Å²) >= 11 is 6.13. The summed E-state index contributed by atoms with van der Waals surface area (Å²) in [6.45, 7) is 10.1. The molecule has 26 heteroatoms. The number of alkyl halides is 3. The van der Waals surface area contributed by atoms with Crippen molar-refractivity contribution in [3.63, 3.8) is 0 Å². The fraction of sp³-hybridized carbons (Fsp3) is 0.641. The van der Waals surface area contributed by atoms with Crippen LogP contribution in [0.15, 0.2) is 48.5 Å². The van der Waals surface area contributed by atoms with Crippen LogP contribution < -0.4 is 15.5 Å². The first-order valence-electron chi connectivity index (χ1n) is 31.0. The third-order valence-corrected chi connectivity index (χ3v) is 19.8. The summed E-state index contributed by atoms with van der Waals surface area (Å²) in [4.78, 5) is 171. The minimum absolute atomic E-state index is 0.116. The highest BCUT2D eigenvalue weighted by molar-refractivity contribution is 6.31. The highest BCUT2D eigenvalue weighted by Gasteiger charge is 2.49. The SMILES string of the molecule is CCC(C)[C@@H]1NC(=O)[C@H](C)N(C)C(=O)C[C@@H](C)N(C)C(=O)[C@H](C2CCC2)N(C)C(=O)C(C)(C)N(C)C(=O)CN(c2ccccc2)C(=O)[C@H](CCc2ccc(C(F)(F)F)c(Cl)c2)NC(=O)CN(C)C(=O)[C@H](C2CCC2)N(C)C(=O)[C@@H]2CCN2C(=O)[C@H](C)N(C)C1=O. The first-order valence-corrected chi connectivity index (χ1v) is 31.4. The zero-order chi connectivity index (χ0) is 67.2. The molecule has 2 aliphatic heterocycles. The number of aryl methyl sites for hydroxylation is 1. The predicted octanol–water partition coefficient (Wildman–Crippen LogP) is 4.84. The average molecular weight is 1280 g/mol. The van der Waals surface area contributed by atoms with Crippen molar-refractivity contribution >= 4 is 82.3 Å². The van der Waals surface area contributed by atoms with E-state index >= 15 is 4.79 Å². The van der Waals surface area contributed by atoms with Crippen LogP contribution in [-0.4, -0.2) is 227 Å². The Morgan fingerprint density at radius 1 is 0.644 bits per heavy atom. The third-order valence-electron chi connectivity index (χ3n) is 19.5. The van der Waals surface area contributed by atoms with E-state index in [0.717, 1.165) is 39.7 Å². The molecule has 2 aromatic carbocycles. The van der Waals surface area contributed by atoms with Gasteiger partial charge in [0.2, 0.25) is 65.0 Å². The zero-order valence-corrected chi connectivity index (χ0v) is 55.2. The fourth-order valence-electron chi connectivity index (χ4n) is 11.9. The summed E-state index contributed by atoms with van der Waals surface area (Å²) in [5.74, 6) is -8.04. The van der Waals surface area contributed by atoms with Gasteiger partial charge in [0, 0.05) is 74.0 Å². The molecule has 22 nitrogen and oxygen atoms in total. The second kappa shape index (κ2) is 29.8. The lowest BCUT2D eigenvalue weighted by Gasteiger charge is -2.46. The maximum atomic E-state index is 15.3. The molecular weight excluding hydrogens is 1190 g/mol. The molecule has 496 valence electrons. The molecule has 2 N–H and O–H groups in total. The lowest BCUT2D eigenvalue weighted by Crippen LogP contribution is -2.65. The van der Waals surface area contributed by atoms with Crippen LogP contribution in [0.3, 0.4) is 0 Å². The molecule has 2 saturated heterocycles. The van der Waals surface area contributed by atoms with Crippen LogP contribution in [-0.2, 0) is 65.3 Å². The highest BCUT2D eigenvalue weighted by Crippen LogP contribution is 2.38. The van der Waals surface area contributed by atoms with Crippen molar-refractivity contribution in [2.45, 2.75) is 179 Å². The van der Waals surface area contributed by atoms with Crippen LogP contribution in [0.1, 0.15) is 124 Å². The summed E-state index contributed by atoms with van der Waals surface area (Å²) in [6.07, 6.45) is -0.799. The van der Waals surface area contributed by atoms with Crippen molar-refractivity contribution in [1.82, 2.24) is 49.8 Å². The molecule has 0 radical (unpaired) electrons. The number of anilines is 1. The standard InChI is InChI=1S/C64H91ClF3N11O11/c1-15-37(2)52-59(87)74(11)40(5)56(84)78-32-31-48(78)58(86)75(12)53(42-21-19-22-42)60(88)71(8)35-49(80)69-47(30-28-41-27-29-45(46(65)34-41)64(66,67)68)57(85)79(44-25-17-16-18-26-44)36-51(82)77(14)63(6,7)62(90)76(13)54(43-23-20-24-43)61(89)72(9)38(3)33-50(81)73(10)39(4)55(83)70-52/h16-18,25-27,29,34,37-40,42-43,47-48,52-54H,15,19-24,28,30-33,35-36H2,1-14H3,(H,69,80)(H,70,83)/t37?,38-,39+,40+,47+,48+,52+,53+,54+/m1/s1. The number of likely N-dealkylation sites (N-methyl/N-ethyl adjacent to an activating group) is 7. The smallest absolute Gasteiger partial charge is 0.343 e. The summed E-state index contributed by atoms with van der Waals surface area (Å²) < 4.78 is 41.4. The summed E-state index contributed by atoms with van der Waals surface area (Å²) in [6, 6.07) is 2.31. The van der Waals surface area contributed by atoms with E-state index in [4.69, 9.17) is 11.6 Å². The molecule has 90 heavy (non-hydrogen) atoms. The highest BCUT2D eigenvalue weighted by atomic mass is 35.5. The molecule has 2 aromatic rings. The monoisotopic (exact) mass is 1280 g/mol. The third kappa shape index (κ3) is 15.9. The normalized spacial score (nSPS) is 27.0. The molecule has 1 unspecified atom stereocenters. The summed E-state index contributed by atoms with van der Waals surface area (Å²) in [7, 11) is 10.0. The number of rotatable bonds is 8. The van der Waals surface area contributed by atoms with Crippen LogP contribution in [0.4, 0.5) is 18.9 Å². The Hall–Kier alpha value is -7.31. The van der Waals surface area contributed by atoms with Gasteiger partial charge in [-0.05, 0) is 127 Å². The molecule has 2 saturated carbocycles. The number of hydrogen-bond acceptors (Lipinski definition) is 11. The lowest BCUT2D eigenvalue weighted by molar-refractivity contribution is -0.161. The van der Waals surface area contributed by atoms with E-state index in [0.29, 0.717) is 32.1 Å². The average Bonchev–Trinajstić information content (AvgIpc) is 0.952. The largest absolute Gasteiger partial charge is 0.417 e. The van der Waals surface area contributed by atoms with Gasteiger partial charge in [0.05, 0.1) is 17.1 Å². The van der Waals surface area contributed by atoms with Gasteiger partial charge in [-0.2, -0.15) is 13.2 Å². The van der Waals surface area contributed by atoms with Gasteiger partial charge in [-0.1, -0.05) is 69.0 Å². The van der Waals surface area contributed by atoms with Crippen LogP contribution in [0.5, 0.6) is 0 Å². The van der Waals surface area contributed by atoms with E-state index in [9.17, 15) is 61.1 Å².